The Morgan fingerprint density at radius 2 is 1.76 bits per heavy atom. The van der Waals surface area contributed by atoms with E-state index in [-0.39, 0.29) is 0 Å². The largest absolute Gasteiger partial charge is 0.299 e. The standard InChI is InChI=1S/C17H23ClN2O/c1-9-14(17(18)20(2)19-9)8-15(21)16-12-4-10-3-11(6-12)7-13(16)5-10/h10-13,16H,3-8H2,1-2H3. The van der Waals surface area contributed by atoms with Crippen molar-refractivity contribution in [2.24, 2.45) is 36.6 Å². The minimum Gasteiger partial charge on any atom is -0.299 e. The van der Waals surface area contributed by atoms with Crippen molar-refractivity contribution in [1.82, 2.24) is 9.78 Å². The van der Waals surface area contributed by atoms with Crippen molar-refractivity contribution in [3.8, 4) is 0 Å². The molecule has 0 N–H and O–H groups in total. The number of hydrogen-bond donors (Lipinski definition) is 0. The van der Waals surface area contributed by atoms with Crippen LogP contribution in [0.4, 0.5) is 0 Å². The third kappa shape index (κ3) is 2.16. The van der Waals surface area contributed by atoms with Crippen LogP contribution in [-0.4, -0.2) is 15.6 Å². The lowest BCUT2D eigenvalue weighted by Crippen LogP contribution is -2.48. The number of Topliss-reactive ketones (excluding diaryl/α,β-unsaturated/α-hetero) is 1. The highest BCUT2D eigenvalue weighted by Gasteiger charge is 2.50. The van der Waals surface area contributed by atoms with E-state index in [9.17, 15) is 4.79 Å². The van der Waals surface area contributed by atoms with Crippen LogP contribution in [0, 0.1) is 36.5 Å². The Hall–Kier alpha value is -0.830. The minimum absolute atomic E-state index is 0.300. The molecule has 0 aromatic carbocycles. The normalized spacial score (nSPS) is 37.2. The number of carbonyl (C=O) groups is 1. The molecule has 5 rings (SSSR count). The number of rotatable bonds is 3. The van der Waals surface area contributed by atoms with Gasteiger partial charge in [0.15, 0.2) is 0 Å². The Balaban J connectivity index is 1.55. The summed E-state index contributed by atoms with van der Waals surface area (Å²) in [6, 6.07) is 0. The maximum Gasteiger partial charge on any atom is 0.141 e. The topological polar surface area (TPSA) is 34.9 Å². The highest BCUT2D eigenvalue weighted by Crippen LogP contribution is 2.56. The molecule has 0 saturated heterocycles. The van der Waals surface area contributed by atoms with Gasteiger partial charge in [0.1, 0.15) is 10.9 Å². The summed E-state index contributed by atoms with van der Waals surface area (Å²) in [4.78, 5) is 12.9. The molecule has 1 heterocycles. The van der Waals surface area contributed by atoms with Crippen LogP contribution in [0.2, 0.25) is 5.15 Å². The highest BCUT2D eigenvalue weighted by molar-refractivity contribution is 6.30. The predicted molar refractivity (Wildman–Crippen MR) is 82.2 cm³/mol. The van der Waals surface area contributed by atoms with Gasteiger partial charge in [-0.2, -0.15) is 5.10 Å². The van der Waals surface area contributed by atoms with Gasteiger partial charge >= 0.3 is 0 Å². The molecule has 0 spiro atoms. The summed E-state index contributed by atoms with van der Waals surface area (Å²) < 4.78 is 1.68. The fourth-order valence-corrected chi connectivity index (χ4v) is 5.86. The molecule has 4 fully saturated rings. The van der Waals surface area contributed by atoms with Gasteiger partial charge in [0.2, 0.25) is 0 Å². The molecule has 1 aromatic heterocycles. The molecular weight excluding hydrogens is 284 g/mol. The fraction of sp³-hybridized carbons (Fsp3) is 0.765. The Labute approximate surface area is 131 Å². The summed E-state index contributed by atoms with van der Waals surface area (Å²) in [5, 5.41) is 4.96. The number of halogens is 1. The van der Waals surface area contributed by atoms with Gasteiger partial charge in [0.25, 0.3) is 0 Å². The highest BCUT2D eigenvalue weighted by atomic mass is 35.5. The molecular formula is C17H23ClN2O. The second kappa shape index (κ2) is 4.84. The lowest BCUT2D eigenvalue weighted by molar-refractivity contribution is -0.135. The number of hydrogen-bond acceptors (Lipinski definition) is 2. The second-order valence-electron chi connectivity index (χ2n) is 7.58. The molecule has 4 heteroatoms. The lowest BCUT2D eigenvalue weighted by atomic mass is 9.51. The van der Waals surface area contributed by atoms with Gasteiger partial charge in [-0.05, 0) is 62.7 Å². The molecule has 21 heavy (non-hydrogen) atoms. The minimum atomic E-state index is 0.300. The van der Waals surface area contributed by atoms with Crippen molar-refractivity contribution in [3.63, 3.8) is 0 Å². The maximum atomic E-state index is 12.9. The first-order valence-corrected chi connectivity index (χ1v) is 8.61. The van der Waals surface area contributed by atoms with E-state index < -0.39 is 0 Å². The molecule has 114 valence electrons. The summed E-state index contributed by atoms with van der Waals surface area (Å²) in [6.07, 6.45) is 7.09. The molecule has 3 nitrogen and oxygen atoms in total. The van der Waals surface area contributed by atoms with Gasteiger partial charge in [0, 0.05) is 24.9 Å². The van der Waals surface area contributed by atoms with Crippen molar-refractivity contribution in [1.29, 1.82) is 0 Å². The first-order valence-electron chi connectivity index (χ1n) is 8.23. The van der Waals surface area contributed by atoms with Crippen LogP contribution >= 0.6 is 11.6 Å². The van der Waals surface area contributed by atoms with Crippen molar-refractivity contribution in [2.75, 3.05) is 0 Å². The quantitative estimate of drug-likeness (QED) is 0.855. The van der Waals surface area contributed by atoms with E-state index in [0.717, 1.165) is 23.1 Å². The van der Waals surface area contributed by atoms with Crippen molar-refractivity contribution in [3.05, 3.63) is 16.4 Å². The van der Waals surface area contributed by atoms with Gasteiger partial charge in [-0.25, -0.2) is 0 Å². The van der Waals surface area contributed by atoms with Crippen molar-refractivity contribution < 1.29 is 4.79 Å². The van der Waals surface area contributed by atoms with E-state index in [1.165, 1.54) is 32.1 Å². The zero-order valence-corrected chi connectivity index (χ0v) is 13.6. The van der Waals surface area contributed by atoms with E-state index in [2.05, 4.69) is 5.10 Å². The molecule has 0 radical (unpaired) electrons. The third-order valence-corrected chi connectivity index (χ3v) is 6.69. The Morgan fingerprint density at radius 1 is 1.19 bits per heavy atom. The lowest BCUT2D eigenvalue weighted by Gasteiger charge is -2.53. The van der Waals surface area contributed by atoms with Gasteiger partial charge in [-0.15, -0.1) is 0 Å². The molecule has 4 saturated carbocycles. The zero-order valence-electron chi connectivity index (χ0n) is 12.8. The summed E-state index contributed by atoms with van der Waals surface area (Å²) in [7, 11) is 1.84. The Bertz CT molecular complexity index is 564. The molecule has 0 unspecified atom stereocenters. The van der Waals surface area contributed by atoms with Crippen LogP contribution in [-0.2, 0) is 18.3 Å². The van der Waals surface area contributed by atoms with Crippen LogP contribution in [0.5, 0.6) is 0 Å². The van der Waals surface area contributed by atoms with Crippen LogP contribution in [0.15, 0.2) is 0 Å². The number of nitrogens with zero attached hydrogens (tertiary/aromatic N) is 2. The molecule has 4 aliphatic carbocycles. The maximum absolute atomic E-state index is 12.9. The van der Waals surface area contributed by atoms with E-state index in [0.29, 0.717) is 35.1 Å². The molecule has 0 amide bonds. The SMILES string of the molecule is Cc1nn(C)c(Cl)c1CC(=O)C1C2CC3CC(C2)CC1C3. The van der Waals surface area contributed by atoms with Crippen LogP contribution in [0.1, 0.15) is 43.4 Å². The molecule has 1 aromatic rings. The molecule has 0 atom stereocenters. The molecule has 4 bridgehead atoms. The number of carbonyl (C=O) groups excluding carboxylic acids is 1. The van der Waals surface area contributed by atoms with E-state index in [4.69, 9.17) is 11.6 Å². The Morgan fingerprint density at radius 3 is 2.24 bits per heavy atom. The summed E-state index contributed by atoms with van der Waals surface area (Å²) in [5.74, 6) is 3.87. The van der Waals surface area contributed by atoms with Crippen LogP contribution < -0.4 is 0 Å². The van der Waals surface area contributed by atoms with E-state index in [1.807, 2.05) is 14.0 Å². The second-order valence-corrected chi connectivity index (χ2v) is 7.94. The Kier molecular flexibility index (Phi) is 3.18. The summed E-state index contributed by atoms with van der Waals surface area (Å²) >= 11 is 6.30. The molecule has 0 aliphatic heterocycles. The average molecular weight is 307 g/mol. The predicted octanol–water partition coefficient (Wildman–Crippen LogP) is 3.57. The van der Waals surface area contributed by atoms with E-state index in [1.54, 1.807) is 4.68 Å². The number of aryl methyl sites for hydroxylation is 2. The van der Waals surface area contributed by atoms with Gasteiger partial charge in [-0.3, -0.25) is 9.48 Å². The monoisotopic (exact) mass is 306 g/mol. The number of ketones is 1. The smallest absolute Gasteiger partial charge is 0.141 e. The first kappa shape index (κ1) is 13.8. The van der Waals surface area contributed by atoms with Crippen LogP contribution in [0.25, 0.3) is 0 Å². The zero-order chi connectivity index (χ0) is 14.7. The molecule has 4 aliphatic rings. The van der Waals surface area contributed by atoms with Crippen LogP contribution in [0.3, 0.4) is 0 Å². The summed E-state index contributed by atoms with van der Waals surface area (Å²) in [6.45, 7) is 1.95. The first-order chi connectivity index (χ1) is 10.0. The van der Waals surface area contributed by atoms with Crippen molar-refractivity contribution in [2.45, 2.75) is 45.4 Å². The summed E-state index contributed by atoms with van der Waals surface area (Å²) in [5.41, 5.74) is 1.85. The number of aromatic nitrogens is 2. The third-order valence-electron chi connectivity index (χ3n) is 6.22. The average Bonchev–Trinajstić information content (AvgIpc) is 2.64. The van der Waals surface area contributed by atoms with Crippen molar-refractivity contribution >= 4 is 17.4 Å². The van der Waals surface area contributed by atoms with Gasteiger partial charge in [-0.1, -0.05) is 11.6 Å². The van der Waals surface area contributed by atoms with E-state index >= 15 is 0 Å². The van der Waals surface area contributed by atoms with Gasteiger partial charge < -0.3 is 0 Å². The fourth-order valence-electron chi connectivity index (χ4n) is 5.62. The van der Waals surface area contributed by atoms with Gasteiger partial charge in [0.05, 0.1) is 5.69 Å².